The summed E-state index contributed by atoms with van der Waals surface area (Å²) < 4.78 is 1.73. The first-order chi connectivity index (χ1) is 11.3. The molecule has 1 fully saturated rings. The van der Waals surface area contributed by atoms with E-state index >= 15 is 0 Å². The van der Waals surface area contributed by atoms with Crippen LogP contribution in [-0.2, 0) is 7.05 Å². The van der Waals surface area contributed by atoms with Gasteiger partial charge in [0.05, 0.1) is 0 Å². The third kappa shape index (κ3) is 2.97. The van der Waals surface area contributed by atoms with E-state index in [4.69, 9.17) is 0 Å². The first kappa shape index (κ1) is 14.0. The Morgan fingerprint density at radius 1 is 1.04 bits per heavy atom. The Morgan fingerprint density at radius 3 is 2.61 bits per heavy atom. The van der Waals surface area contributed by atoms with Crippen molar-refractivity contribution < 1.29 is 0 Å². The van der Waals surface area contributed by atoms with Gasteiger partial charge in [-0.05, 0) is 36.5 Å². The lowest BCUT2D eigenvalue weighted by atomic mass is 9.76. The highest BCUT2D eigenvalue weighted by Crippen LogP contribution is 2.38. The first-order valence-electron chi connectivity index (χ1n) is 8.05. The average Bonchev–Trinajstić information content (AvgIpc) is 2.98. The molecule has 0 atom stereocenters. The Labute approximate surface area is 136 Å². The summed E-state index contributed by atoms with van der Waals surface area (Å²) in [5.41, 5.74) is 3.65. The summed E-state index contributed by atoms with van der Waals surface area (Å²) in [6.07, 6.45) is 4.11. The molecule has 0 radical (unpaired) electrons. The van der Waals surface area contributed by atoms with Crippen molar-refractivity contribution in [2.45, 2.75) is 24.8 Å². The van der Waals surface area contributed by atoms with Gasteiger partial charge in [0.25, 0.3) is 0 Å². The molecule has 0 saturated heterocycles. The fourth-order valence-corrected chi connectivity index (χ4v) is 3.19. The molecule has 0 amide bonds. The summed E-state index contributed by atoms with van der Waals surface area (Å²) in [5, 5.41) is 8.00. The number of rotatable bonds is 4. The van der Waals surface area contributed by atoms with Crippen molar-refractivity contribution in [3.8, 4) is 11.4 Å². The van der Waals surface area contributed by atoms with Crippen molar-refractivity contribution in [2.24, 2.45) is 7.05 Å². The molecule has 1 heterocycles. The van der Waals surface area contributed by atoms with Crippen LogP contribution in [0.5, 0.6) is 0 Å². The smallest absolute Gasteiger partial charge is 0.181 e. The van der Waals surface area contributed by atoms with E-state index in [2.05, 4.69) is 63.9 Å². The molecule has 1 aliphatic carbocycles. The molecule has 0 aliphatic heterocycles. The van der Waals surface area contributed by atoms with E-state index in [0.717, 1.165) is 17.1 Å². The van der Waals surface area contributed by atoms with Gasteiger partial charge in [0, 0.05) is 24.3 Å². The van der Waals surface area contributed by atoms with E-state index in [-0.39, 0.29) is 0 Å². The molecule has 4 heteroatoms. The number of aryl methyl sites for hydroxylation is 1. The molecular weight excluding hydrogens is 284 g/mol. The van der Waals surface area contributed by atoms with Crippen LogP contribution in [0.3, 0.4) is 0 Å². The number of hydrogen-bond donors (Lipinski definition) is 1. The molecule has 1 saturated carbocycles. The maximum atomic E-state index is 4.36. The van der Waals surface area contributed by atoms with Crippen LogP contribution in [0.4, 0.5) is 5.69 Å². The molecule has 2 aromatic carbocycles. The maximum absolute atomic E-state index is 4.36. The number of benzene rings is 2. The van der Waals surface area contributed by atoms with E-state index in [0.29, 0.717) is 12.0 Å². The highest BCUT2D eigenvalue weighted by Gasteiger charge is 2.29. The van der Waals surface area contributed by atoms with E-state index in [1.165, 1.54) is 18.4 Å². The van der Waals surface area contributed by atoms with Gasteiger partial charge in [0.15, 0.2) is 5.82 Å². The zero-order valence-corrected chi connectivity index (χ0v) is 13.2. The third-order valence-corrected chi connectivity index (χ3v) is 4.50. The second kappa shape index (κ2) is 5.88. The van der Waals surface area contributed by atoms with E-state index in [9.17, 15) is 0 Å². The van der Waals surface area contributed by atoms with Crippen LogP contribution in [-0.4, -0.2) is 20.8 Å². The van der Waals surface area contributed by atoms with E-state index < -0.39 is 0 Å². The summed E-state index contributed by atoms with van der Waals surface area (Å²) >= 11 is 0. The minimum Gasteiger partial charge on any atom is -0.382 e. The molecule has 116 valence electrons. The lowest BCUT2D eigenvalue weighted by Crippen LogP contribution is -2.33. The monoisotopic (exact) mass is 304 g/mol. The number of nitrogens with one attached hydrogen (secondary N) is 1. The predicted molar refractivity (Wildman–Crippen MR) is 92.3 cm³/mol. The van der Waals surface area contributed by atoms with Crippen molar-refractivity contribution in [3.63, 3.8) is 0 Å². The summed E-state index contributed by atoms with van der Waals surface area (Å²) in [5.74, 6) is 1.46. The Hall–Kier alpha value is -2.62. The highest BCUT2D eigenvalue weighted by atomic mass is 15.3. The number of anilines is 1. The van der Waals surface area contributed by atoms with Gasteiger partial charge < -0.3 is 5.32 Å². The largest absolute Gasteiger partial charge is 0.382 e. The zero-order chi connectivity index (χ0) is 15.6. The van der Waals surface area contributed by atoms with Crippen molar-refractivity contribution in [1.29, 1.82) is 0 Å². The molecular formula is C19H20N4. The van der Waals surface area contributed by atoms with Gasteiger partial charge in [0.1, 0.15) is 6.33 Å². The molecule has 4 nitrogen and oxygen atoms in total. The van der Waals surface area contributed by atoms with Gasteiger partial charge in [-0.15, -0.1) is 0 Å². The topological polar surface area (TPSA) is 42.7 Å². The summed E-state index contributed by atoms with van der Waals surface area (Å²) in [6.45, 7) is 0. The Bertz CT molecular complexity index is 788. The van der Waals surface area contributed by atoms with Crippen molar-refractivity contribution in [3.05, 3.63) is 66.5 Å². The van der Waals surface area contributed by atoms with Crippen LogP contribution in [0.1, 0.15) is 24.3 Å². The molecule has 1 aromatic heterocycles. The normalized spacial score (nSPS) is 20.0. The van der Waals surface area contributed by atoms with Gasteiger partial charge in [-0.1, -0.05) is 42.5 Å². The molecule has 1 aliphatic rings. The highest BCUT2D eigenvalue weighted by molar-refractivity contribution is 5.62. The summed E-state index contributed by atoms with van der Waals surface area (Å²) in [7, 11) is 1.89. The minimum absolute atomic E-state index is 0.548. The van der Waals surface area contributed by atoms with Crippen LogP contribution < -0.4 is 5.32 Å². The van der Waals surface area contributed by atoms with E-state index in [1.54, 1.807) is 11.0 Å². The van der Waals surface area contributed by atoms with Crippen molar-refractivity contribution >= 4 is 5.69 Å². The second-order valence-corrected chi connectivity index (χ2v) is 6.24. The van der Waals surface area contributed by atoms with Crippen LogP contribution >= 0.6 is 0 Å². The van der Waals surface area contributed by atoms with Gasteiger partial charge in [-0.2, -0.15) is 5.10 Å². The zero-order valence-electron chi connectivity index (χ0n) is 13.2. The molecule has 23 heavy (non-hydrogen) atoms. The molecule has 0 bridgehead atoms. The standard InChI is InChI=1S/C19H20N4/c1-23-13-20-19(22-23)15-8-5-9-17(10-15)21-18-11-16(12-18)14-6-3-2-4-7-14/h2-10,13,16,18,21H,11-12H2,1H3. The SMILES string of the molecule is Cn1cnc(-c2cccc(NC3CC(c4ccccc4)C3)c2)n1. The van der Waals surface area contributed by atoms with Crippen LogP contribution in [0, 0.1) is 0 Å². The lowest BCUT2D eigenvalue weighted by Gasteiger charge is -2.37. The van der Waals surface area contributed by atoms with Gasteiger partial charge in [0.2, 0.25) is 0 Å². The molecule has 3 aromatic rings. The van der Waals surface area contributed by atoms with Crippen LogP contribution in [0.15, 0.2) is 60.9 Å². The Morgan fingerprint density at radius 2 is 1.87 bits per heavy atom. The Kier molecular flexibility index (Phi) is 3.58. The number of hydrogen-bond acceptors (Lipinski definition) is 3. The van der Waals surface area contributed by atoms with Gasteiger partial charge in [-0.25, -0.2) is 4.98 Å². The maximum Gasteiger partial charge on any atom is 0.181 e. The second-order valence-electron chi connectivity index (χ2n) is 6.24. The van der Waals surface area contributed by atoms with Gasteiger partial charge in [-0.3, -0.25) is 4.68 Å². The molecule has 0 unspecified atom stereocenters. The average molecular weight is 304 g/mol. The number of nitrogens with zero attached hydrogens (tertiary/aromatic N) is 3. The lowest BCUT2D eigenvalue weighted by molar-refractivity contribution is 0.374. The molecule has 1 N–H and O–H groups in total. The van der Waals surface area contributed by atoms with E-state index in [1.807, 2.05) is 13.1 Å². The first-order valence-corrected chi connectivity index (χ1v) is 8.05. The quantitative estimate of drug-likeness (QED) is 0.796. The predicted octanol–water partition coefficient (Wildman–Crippen LogP) is 3.84. The van der Waals surface area contributed by atoms with Gasteiger partial charge >= 0.3 is 0 Å². The Balaban J connectivity index is 1.41. The minimum atomic E-state index is 0.548. The van der Waals surface area contributed by atoms with Crippen LogP contribution in [0.25, 0.3) is 11.4 Å². The van der Waals surface area contributed by atoms with Crippen molar-refractivity contribution in [1.82, 2.24) is 14.8 Å². The van der Waals surface area contributed by atoms with Crippen LogP contribution in [0.2, 0.25) is 0 Å². The summed E-state index contributed by atoms with van der Waals surface area (Å²) in [6, 6.07) is 19.7. The van der Waals surface area contributed by atoms with Crippen molar-refractivity contribution in [2.75, 3.05) is 5.32 Å². The number of aromatic nitrogens is 3. The third-order valence-electron chi connectivity index (χ3n) is 4.50. The molecule has 4 rings (SSSR count). The fraction of sp³-hybridized carbons (Fsp3) is 0.263. The fourth-order valence-electron chi connectivity index (χ4n) is 3.19. The molecule has 0 spiro atoms. The summed E-state index contributed by atoms with van der Waals surface area (Å²) in [4.78, 5) is 4.32.